The van der Waals surface area contributed by atoms with Gasteiger partial charge in [-0.05, 0) is 42.8 Å². The number of hydrogen-bond donors (Lipinski definition) is 1. The van der Waals surface area contributed by atoms with Gasteiger partial charge in [-0.1, -0.05) is 6.07 Å². The standard InChI is InChI=1S/C22H20N2O7/c1-22(10-13-2-4-17-18(8-13)31-12-30-17)20(26)24(21(27)23-22)11-15(25)14-3-5-16-19(9-14)29-7-6-28-16/h2-5,8-9H,6-7,10-12H2,1H3,(H,23,27)/t22-/m1/s1. The minimum atomic E-state index is -1.17. The highest BCUT2D eigenvalue weighted by Gasteiger charge is 2.48. The van der Waals surface area contributed by atoms with E-state index in [1.54, 1.807) is 37.3 Å². The van der Waals surface area contributed by atoms with Crippen LogP contribution in [0.1, 0.15) is 22.8 Å². The molecule has 160 valence electrons. The van der Waals surface area contributed by atoms with Crippen molar-refractivity contribution in [2.75, 3.05) is 26.6 Å². The monoisotopic (exact) mass is 424 g/mol. The van der Waals surface area contributed by atoms with Crippen LogP contribution >= 0.6 is 0 Å². The minimum absolute atomic E-state index is 0.154. The van der Waals surface area contributed by atoms with Crippen LogP contribution in [0.3, 0.4) is 0 Å². The molecule has 9 nitrogen and oxygen atoms in total. The second-order valence-corrected chi connectivity index (χ2v) is 7.80. The maximum absolute atomic E-state index is 13.1. The molecular weight excluding hydrogens is 404 g/mol. The Bertz CT molecular complexity index is 1100. The Morgan fingerprint density at radius 3 is 2.48 bits per heavy atom. The van der Waals surface area contributed by atoms with E-state index in [2.05, 4.69) is 5.32 Å². The Hall–Kier alpha value is -3.75. The number of ether oxygens (including phenoxy) is 4. The number of imide groups is 1. The summed E-state index contributed by atoms with van der Waals surface area (Å²) in [5.74, 6) is 1.45. The smallest absolute Gasteiger partial charge is 0.325 e. The van der Waals surface area contributed by atoms with E-state index in [-0.39, 0.29) is 25.5 Å². The Morgan fingerprint density at radius 2 is 1.65 bits per heavy atom. The Balaban J connectivity index is 1.31. The molecule has 3 aliphatic heterocycles. The largest absolute Gasteiger partial charge is 0.486 e. The van der Waals surface area contributed by atoms with Gasteiger partial charge in [-0.3, -0.25) is 14.5 Å². The van der Waals surface area contributed by atoms with Crippen molar-refractivity contribution in [3.8, 4) is 23.0 Å². The molecule has 31 heavy (non-hydrogen) atoms. The number of nitrogens with one attached hydrogen (secondary N) is 1. The fourth-order valence-electron chi connectivity index (χ4n) is 3.92. The Labute approximate surface area is 177 Å². The van der Waals surface area contributed by atoms with Crippen LogP contribution in [0.25, 0.3) is 0 Å². The number of urea groups is 1. The molecule has 0 unspecified atom stereocenters. The van der Waals surface area contributed by atoms with Crippen LogP contribution in [-0.4, -0.2) is 54.7 Å². The molecule has 9 heteroatoms. The number of fused-ring (bicyclic) bond motifs is 2. The first-order valence-corrected chi connectivity index (χ1v) is 9.88. The van der Waals surface area contributed by atoms with Crippen molar-refractivity contribution in [3.63, 3.8) is 0 Å². The molecule has 0 spiro atoms. The zero-order valence-corrected chi connectivity index (χ0v) is 16.8. The van der Waals surface area contributed by atoms with Crippen LogP contribution in [0, 0.1) is 0 Å². The van der Waals surface area contributed by atoms with Crippen LogP contribution in [0.15, 0.2) is 36.4 Å². The first-order valence-electron chi connectivity index (χ1n) is 9.88. The molecule has 1 atom stereocenters. The van der Waals surface area contributed by atoms with Crippen LogP contribution in [0.2, 0.25) is 0 Å². The number of carbonyl (C=O) groups is 3. The molecule has 1 fully saturated rings. The van der Waals surface area contributed by atoms with E-state index in [0.717, 1.165) is 10.5 Å². The first-order chi connectivity index (χ1) is 14.9. The predicted molar refractivity (Wildman–Crippen MR) is 107 cm³/mol. The number of nitrogens with zero attached hydrogens (tertiary/aromatic N) is 1. The number of amides is 3. The number of Topliss-reactive ketones (excluding diaryl/α,β-unsaturated/α-hetero) is 1. The summed E-state index contributed by atoms with van der Waals surface area (Å²) in [6.45, 7) is 2.29. The molecule has 3 heterocycles. The molecule has 0 radical (unpaired) electrons. The van der Waals surface area contributed by atoms with Crippen molar-refractivity contribution in [1.29, 1.82) is 0 Å². The molecular formula is C22H20N2O7. The molecule has 0 aromatic heterocycles. The van der Waals surface area contributed by atoms with Gasteiger partial charge < -0.3 is 24.3 Å². The number of benzene rings is 2. The highest BCUT2D eigenvalue weighted by atomic mass is 16.7. The second-order valence-electron chi connectivity index (χ2n) is 7.80. The fourth-order valence-corrected chi connectivity index (χ4v) is 3.92. The highest BCUT2D eigenvalue weighted by molar-refractivity contribution is 6.11. The molecule has 0 bridgehead atoms. The van der Waals surface area contributed by atoms with E-state index in [1.807, 2.05) is 6.07 Å². The van der Waals surface area contributed by atoms with E-state index >= 15 is 0 Å². The first kappa shape index (κ1) is 19.2. The summed E-state index contributed by atoms with van der Waals surface area (Å²) in [5.41, 5.74) is -0.0210. The summed E-state index contributed by atoms with van der Waals surface area (Å²) in [5, 5.41) is 2.72. The van der Waals surface area contributed by atoms with Crippen molar-refractivity contribution in [1.82, 2.24) is 10.2 Å². The van der Waals surface area contributed by atoms with Gasteiger partial charge in [0.25, 0.3) is 5.91 Å². The summed E-state index contributed by atoms with van der Waals surface area (Å²) < 4.78 is 21.6. The van der Waals surface area contributed by atoms with Gasteiger partial charge in [-0.15, -0.1) is 0 Å². The summed E-state index contributed by atoms with van der Waals surface area (Å²) in [6, 6.07) is 9.60. The fraction of sp³-hybridized carbons (Fsp3) is 0.318. The topological polar surface area (TPSA) is 103 Å². The summed E-state index contributed by atoms with van der Waals surface area (Å²) in [6.07, 6.45) is 0.253. The third-order valence-electron chi connectivity index (χ3n) is 5.51. The van der Waals surface area contributed by atoms with Crippen molar-refractivity contribution in [3.05, 3.63) is 47.5 Å². The van der Waals surface area contributed by atoms with Crippen molar-refractivity contribution in [2.45, 2.75) is 18.9 Å². The average Bonchev–Trinajstić information content (AvgIpc) is 3.31. The molecule has 2 aromatic rings. The van der Waals surface area contributed by atoms with Gasteiger partial charge in [0, 0.05) is 12.0 Å². The lowest BCUT2D eigenvalue weighted by molar-refractivity contribution is -0.130. The second kappa shape index (κ2) is 7.19. The molecule has 1 saturated heterocycles. The predicted octanol–water partition coefficient (Wildman–Crippen LogP) is 1.92. The minimum Gasteiger partial charge on any atom is -0.486 e. The number of hydrogen-bond acceptors (Lipinski definition) is 7. The maximum atomic E-state index is 13.1. The lowest BCUT2D eigenvalue weighted by atomic mass is 9.92. The average molecular weight is 424 g/mol. The van der Waals surface area contributed by atoms with Gasteiger partial charge in [0.05, 0.1) is 6.54 Å². The van der Waals surface area contributed by atoms with Crippen LogP contribution in [0.5, 0.6) is 23.0 Å². The number of rotatable bonds is 5. The highest BCUT2D eigenvalue weighted by Crippen LogP contribution is 2.34. The van der Waals surface area contributed by atoms with E-state index in [9.17, 15) is 14.4 Å². The van der Waals surface area contributed by atoms with E-state index < -0.39 is 17.5 Å². The van der Waals surface area contributed by atoms with E-state index in [0.29, 0.717) is 41.8 Å². The normalized spacial score (nSPS) is 21.3. The van der Waals surface area contributed by atoms with Crippen LogP contribution in [0.4, 0.5) is 4.79 Å². The van der Waals surface area contributed by atoms with Gasteiger partial charge in [-0.25, -0.2) is 4.79 Å². The molecule has 3 aliphatic rings. The van der Waals surface area contributed by atoms with Gasteiger partial charge in [0.1, 0.15) is 18.8 Å². The summed E-state index contributed by atoms with van der Waals surface area (Å²) in [7, 11) is 0. The number of carbonyl (C=O) groups excluding carboxylic acids is 3. The lowest BCUT2D eigenvalue weighted by Crippen LogP contribution is -2.46. The third kappa shape index (κ3) is 3.41. The molecule has 0 aliphatic carbocycles. The van der Waals surface area contributed by atoms with Crippen molar-refractivity contribution in [2.24, 2.45) is 0 Å². The third-order valence-corrected chi connectivity index (χ3v) is 5.51. The molecule has 0 saturated carbocycles. The summed E-state index contributed by atoms with van der Waals surface area (Å²) in [4.78, 5) is 39.3. The van der Waals surface area contributed by atoms with Gasteiger partial charge >= 0.3 is 6.03 Å². The van der Waals surface area contributed by atoms with Gasteiger partial charge in [-0.2, -0.15) is 0 Å². The SMILES string of the molecule is C[C@]1(Cc2ccc3c(c2)OCO3)NC(=O)N(CC(=O)c2ccc3c(c2)OCCO3)C1=O. The Morgan fingerprint density at radius 1 is 0.968 bits per heavy atom. The zero-order valence-electron chi connectivity index (χ0n) is 16.8. The molecule has 5 rings (SSSR count). The van der Waals surface area contributed by atoms with Gasteiger partial charge in [0.2, 0.25) is 6.79 Å². The molecule has 1 N–H and O–H groups in total. The zero-order chi connectivity index (χ0) is 21.6. The lowest BCUT2D eigenvalue weighted by Gasteiger charge is -2.22. The van der Waals surface area contributed by atoms with Crippen molar-refractivity contribution < 1.29 is 33.3 Å². The van der Waals surface area contributed by atoms with Crippen LogP contribution < -0.4 is 24.3 Å². The van der Waals surface area contributed by atoms with Gasteiger partial charge in [0.15, 0.2) is 28.8 Å². The maximum Gasteiger partial charge on any atom is 0.325 e. The quantitative estimate of drug-likeness (QED) is 0.578. The Kier molecular flexibility index (Phi) is 4.46. The number of ketones is 1. The van der Waals surface area contributed by atoms with Crippen LogP contribution in [-0.2, 0) is 11.2 Å². The molecule has 3 amide bonds. The van der Waals surface area contributed by atoms with E-state index in [1.165, 1.54) is 0 Å². The summed E-state index contributed by atoms with van der Waals surface area (Å²) >= 11 is 0. The molecule has 2 aromatic carbocycles. The van der Waals surface area contributed by atoms with Crippen molar-refractivity contribution >= 4 is 17.7 Å². The van der Waals surface area contributed by atoms with E-state index in [4.69, 9.17) is 18.9 Å².